The van der Waals surface area contributed by atoms with Gasteiger partial charge in [-0.3, -0.25) is 4.57 Å². The molecule has 0 aliphatic carbocycles. The fourth-order valence-corrected chi connectivity index (χ4v) is 4.05. The number of aryl methyl sites for hydroxylation is 1. The fourth-order valence-electron chi connectivity index (χ4n) is 4.05. The van der Waals surface area contributed by atoms with Crippen LogP contribution in [0.25, 0.3) is 27.8 Å². The van der Waals surface area contributed by atoms with Crippen molar-refractivity contribution in [3.63, 3.8) is 0 Å². The van der Waals surface area contributed by atoms with Crippen LogP contribution in [0.4, 0.5) is 13.2 Å². The van der Waals surface area contributed by atoms with Crippen molar-refractivity contribution in [1.82, 2.24) is 34.6 Å². The smallest absolute Gasteiger partial charge is 0.386 e. The van der Waals surface area contributed by atoms with E-state index in [1.807, 2.05) is 18.2 Å². The normalized spacial score (nSPS) is 16.5. The Bertz CT molecular complexity index is 1510. The van der Waals surface area contributed by atoms with Gasteiger partial charge in [-0.05, 0) is 42.0 Å². The van der Waals surface area contributed by atoms with Gasteiger partial charge in [-0.15, -0.1) is 9.90 Å². The molecule has 0 bridgehead atoms. The van der Waals surface area contributed by atoms with E-state index in [0.717, 1.165) is 28.6 Å². The van der Waals surface area contributed by atoms with Crippen molar-refractivity contribution in [3.05, 3.63) is 66.0 Å². The third-order valence-corrected chi connectivity index (χ3v) is 5.55. The first kappa shape index (κ1) is 19.5. The predicted octanol–water partition coefficient (Wildman–Crippen LogP) is 3.85. The molecule has 5 aromatic rings. The van der Waals surface area contributed by atoms with Gasteiger partial charge in [0.15, 0.2) is 17.6 Å². The van der Waals surface area contributed by atoms with Crippen LogP contribution in [0.2, 0.25) is 0 Å². The van der Waals surface area contributed by atoms with Crippen molar-refractivity contribution in [2.75, 3.05) is 0 Å². The fraction of sp³-hybridized carbons (Fsp3) is 0.190. The quantitative estimate of drug-likeness (QED) is 0.406. The van der Waals surface area contributed by atoms with Crippen LogP contribution in [-0.2, 0) is 18.1 Å². The standard InChI is InChI=1S/C21H15F3N8O/c1-30-27-19-15-10-12(17-11-18(29-33-17)32-25-8-9-26-32)2-7-16(15)31(20(19)28-30)14-5-3-13(4-6-14)21(22,23)24/h2-10,17H,11H2,1H3. The molecule has 0 saturated heterocycles. The molecular weight excluding hydrogens is 437 g/mol. The molecule has 33 heavy (non-hydrogen) atoms. The molecule has 6 rings (SSSR count). The monoisotopic (exact) mass is 452 g/mol. The molecular formula is C21H15F3N8O. The zero-order valence-corrected chi connectivity index (χ0v) is 17.1. The highest BCUT2D eigenvalue weighted by molar-refractivity contribution is 6.05. The van der Waals surface area contributed by atoms with E-state index in [1.165, 1.54) is 21.7 Å². The lowest BCUT2D eigenvalue weighted by molar-refractivity contribution is -0.137. The van der Waals surface area contributed by atoms with Gasteiger partial charge in [0.05, 0.1) is 29.9 Å². The number of alkyl halides is 3. The number of hydrogen-bond donors (Lipinski definition) is 0. The van der Waals surface area contributed by atoms with E-state index in [0.29, 0.717) is 29.1 Å². The molecule has 0 fully saturated rings. The summed E-state index contributed by atoms with van der Waals surface area (Å²) in [6.45, 7) is 0. The minimum atomic E-state index is -4.40. The maximum absolute atomic E-state index is 13.0. The summed E-state index contributed by atoms with van der Waals surface area (Å²) in [5.41, 5.74) is 2.70. The Labute approximate surface area is 183 Å². The maximum atomic E-state index is 13.0. The number of aromatic nitrogens is 7. The minimum Gasteiger partial charge on any atom is -0.386 e. The Hall–Kier alpha value is -4.22. The molecule has 0 saturated carbocycles. The number of hydrogen-bond acceptors (Lipinski definition) is 6. The first-order valence-corrected chi connectivity index (χ1v) is 10.0. The lowest BCUT2D eigenvalue weighted by Crippen LogP contribution is -2.13. The Balaban J connectivity index is 1.43. The largest absolute Gasteiger partial charge is 0.416 e. The van der Waals surface area contributed by atoms with Crippen LogP contribution >= 0.6 is 0 Å². The van der Waals surface area contributed by atoms with Crippen molar-refractivity contribution in [2.45, 2.75) is 18.7 Å². The average Bonchev–Trinajstić information content (AvgIpc) is 3.57. The van der Waals surface area contributed by atoms with E-state index in [9.17, 15) is 13.2 Å². The number of nitrogens with zero attached hydrogens (tertiary/aromatic N) is 8. The van der Waals surface area contributed by atoms with E-state index in [4.69, 9.17) is 4.84 Å². The van der Waals surface area contributed by atoms with Gasteiger partial charge in [-0.25, -0.2) is 0 Å². The topological polar surface area (TPSA) is 87.9 Å². The highest BCUT2D eigenvalue weighted by Gasteiger charge is 2.30. The van der Waals surface area contributed by atoms with Crippen LogP contribution in [0.5, 0.6) is 0 Å². The molecule has 166 valence electrons. The van der Waals surface area contributed by atoms with Crippen molar-refractivity contribution in [1.29, 1.82) is 0 Å². The molecule has 0 amide bonds. The minimum absolute atomic E-state index is 0.323. The summed E-state index contributed by atoms with van der Waals surface area (Å²) < 4.78 is 40.9. The molecule has 9 nitrogen and oxygen atoms in total. The van der Waals surface area contributed by atoms with Gasteiger partial charge >= 0.3 is 6.18 Å². The summed E-state index contributed by atoms with van der Waals surface area (Å²) in [6, 6.07) is 10.7. The van der Waals surface area contributed by atoms with Gasteiger partial charge in [-0.1, -0.05) is 11.2 Å². The van der Waals surface area contributed by atoms with E-state index in [2.05, 4.69) is 25.6 Å². The zero-order valence-electron chi connectivity index (χ0n) is 17.1. The van der Waals surface area contributed by atoms with E-state index < -0.39 is 11.7 Å². The van der Waals surface area contributed by atoms with Crippen LogP contribution in [0.15, 0.2) is 60.0 Å². The second kappa shape index (κ2) is 6.89. The molecule has 2 aromatic carbocycles. The van der Waals surface area contributed by atoms with Gasteiger partial charge in [0.1, 0.15) is 5.52 Å². The summed E-state index contributed by atoms with van der Waals surface area (Å²) in [5.74, 6) is 0.595. The number of oxime groups is 1. The molecule has 3 aromatic heterocycles. The zero-order chi connectivity index (χ0) is 22.7. The van der Waals surface area contributed by atoms with Gasteiger partial charge < -0.3 is 4.84 Å². The Morgan fingerprint density at radius 2 is 1.76 bits per heavy atom. The lowest BCUT2D eigenvalue weighted by Gasteiger charge is -2.11. The molecule has 4 heterocycles. The third-order valence-electron chi connectivity index (χ3n) is 5.55. The number of rotatable bonds is 2. The van der Waals surface area contributed by atoms with Crippen molar-refractivity contribution < 1.29 is 18.0 Å². The molecule has 1 atom stereocenters. The second-order valence-corrected chi connectivity index (χ2v) is 7.64. The van der Waals surface area contributed by atoms with Gasteiger partial charge in [0, 0.05) is 18.1 Å². The molecule has 0 radical (unpaired) electrons. The van der Waals surface area contributed by atoms with Crippen LogP contribution in [0.3, 0.4) is 0 Å². The maximum Gasteiger partial charge on any atom is 0.416 e. The first-order chi connectivity index (χ1) is 15.9. The molecule has 1 unspecified atom stereocenters. The Morgan fingerprint density at radius 3 is 2.48 bits per heavy atom. The molecule has 12 heteroatoms. The summed E-state index contributed by atoms with van der Waals surface area (Å²) in [7, 11) is 1.70. The molecule has 0 spiro atoms. The van der Waals surface area contributed by atoms with E-state index >= 15 is 0 Å². The van der Waals surface area contributed by atoms with Gasteiger partial charge in [0.25, 0.3) is 0 Å². The van der Waals surface area contributed by atoms with Crippen LogP contribution in [-0.4, -0.2) is 40.4 Å². The van der Waals surface area contributed by atoms with Crippen LogP contribution < -0.4 is 0 Å². The highest BCUT2D eigenvalue weighted by Crippen LogP contribution is 2.36. The second-order valence-electron chi connectivity index (χ2n) is 7.64. The predicted molar refractivity (Wildman–Crippen MR) is 112 cm³/mol. The van der Waals surface area contributed by atoms with E-state index in [-0.39, 0.29) is 6.10 Å². The average molecular weight is 452 g/mol. The van der Waals surface area contributed by atoms with E-state index in [1.54, 1.807) is 24.0 Å². The Morgan fingerprint density at radius 1 is 1.00 bits per heavy atom. The molecule has 0 N–H and O–H groups in total. The van der Waals surface area contributed by atoms with Crippen molar-refractivity contribution in [3.8, 4) is 5.69 Å². The summed E-state index contributed by atoms with van der Waals surface area (Å²) in [4.78, 5) is 8.47. The number of fused-ring (bicyclic) bond motifs is 3. The van der Waals surface area contributed by atoms with Crippen molar-refractivity contribution in [2.24, 2.45) is 12.2 Å². The molecule has 1 aliphatic heterocycles. The number of benzene rings is 2. The summed E-state index contributed by atoms with van der Waals surface area (Å²) in [6.07, 6.45) is -1.10. The van der Waals surface area contributed by atoms with Crippen LogP contribution in [0.1, 0.15) is 23.7 Å². The lowest BCUT2D eigenvalue weighted by atomic mass is 10.0. The summed E-state index contributed by atoms with van der Waals surface area (Å²) >= 11 is 0. The van der Waals surface area contributed by atoms with Crippen molar-refractivity contribution >= 4 is 27.9 Å². The molecule has 1 aliphatic rings. The first-order valence-electron chi connectivity index (χ1n) is 10.0. The highest BCUT2D eigenvalue weighted by atomic mass is 19.4. The summed E-state index contributed by atoms with van der Waals surface area (Å²) in [5, 5.41) is 22.0. The van der Waals surface area contributed by atoms with Gasteiger partial charge in [0.2, 0.25) is 0 Å². The van der Waals surface area contributed by atoms with Crippen LogP contribution in [0, 0.1) is 0 Å². The number of halogens is 3. The van der Waals surface area contributed by atoms with Gasteiger partial charge in [-0.2, -0.15) is 33.3 Å². The third kappa shape index (κ3) is 3.13. The Kier molecular flexibility index (Phi) is 4.06. The SMILES string of the molecule is Cn1nc2c3cc(C4CC(n5nccn5)=NO4)ccc3n(-c3ccc(C(F)(F)F)cc3)c2n1.